The molecule has 0 unspecified atom stereocenters. The molecule has 1 saturated heterocycles. The quantitative estimate of drug-likeness (QED) is 0.873. The molecule has 2 fully saturated rings. The molecule has 2 aromatic heterocycles. The molecule has 8 nitrogen and oxygen atoms in total. The van der Waals surface area contributed by atoms with Crippen molar-refractivity contribution in [1.82, 2.24) is 29.4 Å². The lowest BCUT2D eigenvalue weighted by Crippen LogP contribution is -2.36. The molecule has 3 heterocycles. The molecular formula is C16H21ClN6O2. The Morgan fingerprint density at radius 2 is 2.08 bits per heavy atom. The van der Waals surface area contributed by atoms with Crippen molar-refractivity contribution in [3.05, 3.63) is 30.1 Å². The number of aliphatic hydroxyl groups is 1. The average Bonchev–Trinajstić information content (AvgIpc) is 3.32. The molecule has 1 amide bonds. The highest BCUT2D eigenvalue weighted by Gasteiger charge is 2.43. The van der Waals surface area contributed by atoms with Gasteiger partial charge in [-0.1, -0.05) is 11.6 Å². The van der Waals surface area contributed by atoms with Crippen LogP contribution in [-0.4, -0.2) is 59.7 Å². The van der Waals surface area contributed by atoms with Gasteiger partial charge in [-0.2, -0.15) is 10.2 Å². The molecular weight excluding hydrogens is 344 g/mol. The van der Waals surface area contributed by atoms with Crippen LogP contribution in [0.2, 0.25) is 5.02 Å². The van der Waals surface area contributed by atoms with Crippen LogP contribution in [0.3, 0.4) is 0 Å². The second-order valence-electron chi connectivity index (χ2n) is 6.97. The van der Waals surface area contributed by atoms with E-state index in [1.165, 1.54) is 6.33 Å². The Kier molecular flexibility index (Phi) is 4.47. The third-order valence-corrected chi connectivity index (χ3v) is 5.59. The summed E-state index contributed by atoms with van der Waals surface area (Å²) in [6.45, 7) is 2.01. The van der Waals surface area contributed by atoms with E-state index in [1.807, 2.05) is 4.90 Å². The van der Waals surface area contributed by atoms with Gasteiger partial charge in [-0.3, -0.25) is 9.48 Å². The molecule has 0 radical (unpaired) electrons. The van der Waals surface area contributed by atoms with Crippen molar-refractivity contribution < 1.29 is 9.90 Å². The molecule has 4 atom stereocenters. The minimum absolute atomic E-state index is 0.0509. The van der Waals surface area contributed by atoms with Crippen molar-refractivity contribution in [2.75, 3.05) is 13.1 Å². The van der Waals surface area contributed by atoms with Gasteiger partial charge in [0.2, 0.25) is 5.91 Å². The number of aliphatic hydroxyl groups excluding tert-OH is 1. The number of hydrogen-bond donors (Lipinski definition) is 1. The summed E-state index contributed by atoms with van der Waals surface area (Å²) in [4.78, 5) is 18.4. The zero-order valence-corrected chi connectivity index (χ0v) is 14.5. The van der Waals surface area contributed by atoms with Crippen molar-refractivity contribution >= 4 is 17.5 Å². The Morgan fingerprint density at radius 3 is 2.76 bits per heavy atom. The summed E-state index contributed by atoms with van der Waals surface area (Å²) < 4.78 is 3.43. The van der Waals surface area contributed by atoms with Crippen LogP contribution in [0.1, 0.15) is 25.3 Å². The SMILES string of the molecule is O=C(CCn1cc(Cl)cn1)N1C[C@H]2C[C@@H](n3cncn3)[C@H](O)C[C@H]2C1. The highest BCUT2D eigenvalue weighted by atomic mass is 35.5. The largest absolute Gasteiger partial charge is 0.391 e. The van der Waals surface area contributed by atoms with E-state index in [1.54, 1.807) is 28.1 Å². The first-order valence-corrected chi connectivity index (χ1v) is 8.96. The van der Waals surface area contributed by atoms with Gasteiger partial charge in [-0.25, -0.2) is 9.67 Å². The van der Waals surface area contributed by atoms with Crippen molar-refractivity contribution in [1.29, 1.82) is 0 Å². The van der Waals surface area contributed by atoms with E-state index in [0.29, 0.717) is 36.2 Å². The zero-order valence-electron chi connectivity index (χ0n) is 13.8. The molecule has 1 aliphatic heterocycles. The topological polar surface area (TPSA) is 89.1 Å². The van der Waals surface area contributed by atoms with Crippen LogP contribution < -0.4 is 0 Å². The van der Waals surface area contributed by atoms with E-state index >= 15 is 0 Å². The number of fused-ring (bicyclic) bond motifs is 1. The number of rotatable bonds is 4. The number of aromatic nitrogens is 5. The van der Waals surface area contributed by atoms with Gasteiger partial charge >= 0.3 is 0 Å². The summed E-state index contributed by atoms with van der Waals surface area (Å²) in [5, 5.41) is 19.3. The number of carbonyl (C=O) groups excluding carboxylic acids is 1. The lowest BCUT2D eigenvalue weighted by molar-refractivity contribution is -0.130. The maximum Gasteiger partial charge on any atom is 0.224 e. The van der Waals surface area contributed by atoms with Crippen LogP contribution in [0, 0.1) is 11.8 Å². The number of carbonyl (C=O) groups is 1. The zero-order chi connectivity index (χ0) is 17.4. The molecule has 1 N–H and O–H groups in total. The molecule has 9 heteroatoms. The number of likely N-dealkylation sites (tertiary alicyclic amines) is 1. The summed E-state index contributed by atoms with van der Waals surface area (Å²) >= 11 is 5.84. The highest BCUT2D eigenvalue weighted by molar-refractivity contribution is 6.30. The smallest absolute Gasteiger partial charge is 0.224 e. The Bertz CT molecular complexity index is 733. The standard InChI is InChI=1S/C16H21ClN6O2/c17-13-5-19-22(8-13)2-1-16(25)21-6-11-3-14(23-10-18-9-20-23)15(24)4-12(11)7-21/h5,8-12,14-15,24H,1-4,6-7H2/t11-,12+,14-,15-/m1/s1. The van der Waals surface area contributed by atoms with Crippen LogP contribution in [0.4, 0.5) is 0 Å². The molecule has 2 aliphatic rings. The van der Waals surface area contributed by atoms with Crippen LogP contribution in [0.5, 0.6) is 0 Å². The molecule has 0 spiro atoms. The lowest BCUT2D eigenvalue weighted by Gasteiger charge is -2.34. The van der Waals surface area contributed by atoms with Crippen molar-refractivity contribution in [3.8, 4) is 0 Å². The molecule has 1 saturated carbocycles. The van der Waals surface area contributed by atoms with Gasteiger partial charge in [0.15, 0.2) is 0 Å². The first kappa shape index (κ1) is 16.5. The molecule has 4 rings (SSSR count). The van der Waals surface area contributed by atoms with Gasteiger partial charge in [0.05, 0.1) is 23.4 Å². The van der Waals surface area contributed by atoms with Gasteiger partial charge in [0.25, 0.3) is 0 Å². The summed E-state index contributed by atoms with van der Waals surface area (Å²) in [6.07, 6.45) is 7.93. The first-order valence-electron chi connectivity index (χ1n) is 8.58. The van der Waals surface area contributed by atoms with Crippen LogP contribution >= 0.6 is 11.6 Å². The highest BCUT2D eigenvalue weighted by Crippen LogP contribution is 2.41. The maximum absolute atomic E-state index is 12.5. The third-order valence-electron chi connectivity index (χ3n) is 5.39. The van der Waals surface area contributed by atoms with Gasteiger partial charge in [0, 0.05) is 32.3 Å². The van der Waals surface area contributed by atoms with Crippen molar-refractivity contribution in [3.63, 3.8) is 0 Å². The van der Waals surface area contributed by atoms with Gasteiger partial charge in [-0.15, -0.1) is 0 Å². The van der Waals surface area contributed by atoms with E-state index in [4.69, 9.17) is 11.6 Å². The summed E-state index contributed by atoms with van der Waals surface area (Å²) in [5.41, 5.74) is 0. The van der Waals surface area contributed by atoms with E-state index in [0.717, 1.165) is 19.5 Å². The van der Waals surface area contributed by atoms with Gasteiger partial charge < -0.3 is 10.0 Å². The molecule has 25 heavy (non-hydrogen) atoms. The molecule has 134 valence electrons. The Balaban J connectivity index is 1.35. The monoisotopic (exact) mass is 364 g/mol. The van der Waals surface area contributed by atoms with Crippen LogP contribution in [0.15, 0.2) is 25.0 Å². The number of aryl methyl sites for hydroxylation is 1. The lowest BCUT2D eigenvalue weighted by atomic mass is 9.77. The average molecular weight is 365 g/mol. The normalized spacial score (nSPS) is 29.0. The summed E-state index contributed by atoms with van der Waals surface area (Å²) in [6, 6.07) is -0.0509. The van der Waals surface area contributed by atoms with Crippen molar-refractivity contribution in [2.45, 2.75) is 38.0 Å². The Hall–Kier alpha value is -1.93. The second-order valence-corrected chi connectivity index (χ2v) is 7.41. The second kappa shape index (κ2) is 6.76. The molecule has 0 bridgehead atoms. The van der Waals surface area contributed by atoms with Crippen LogP contribution in [0.25, 0.3) is 0 Å². The minimum atomic E-state index is -0.441. The Morgan fingerprint density at radius 1 is 1.28 bits per heavy atom. The van der Waals surface area contributed by atoms with Gasteiger partial charge in [0.1, 0.15) is 12.7 Å². The fraction of sp³-hybridized carbons (Fsp3) is 0.625. The van der Waals surface area contributed by atoms with E-state index in [9.17, 15) is 9.90 Å². The number of amides is 1. The predicted molar refractivity (Wildman–Crippen MR) is 89.7 cm³/mol. The molecule has 0 aromatic carbocycles. The first-order chi connectivity index (χ1) is 12.1. The van der Waals surface area contributed by atoms with E-state index < -0.39 is 6.10 Å². The fourth-order valence-corrected chi connectivity index (χ4v) is 4.27. The number of halogens is 1. The summed E-state index contributed by atoms with van der Waals surface area (Å²) in [7, 11) is 0. The van der Waals surface area contributed by atoms with Crippen molar-refractivity contribution in [2.24, 2.45) is 11.8 Å². The minimum Gasteiger partial charge on any atom is -0.391 e. The Labute approximate surface area is 150 Å². The molecule has 1 aliphatic carbocycles. The van der Waals surface area contributed by atoms with E-state index in [-0.39, 0.29) is 11.9 Å². The number of hydrogen-bond acceptors (Lipinski definition) is 5. The third kappa shape index (κ3) is 3.41. The van der Waals surface area contributed by atoms with E-state index in [2.05, 4.69) is 15.2 Å². The van der Waals surface area contributed by atoms with Crippen LogP contribution in [-0.2, 0) is 11.3 Å². The fourth-order valence-electron chi connectivity index (χ4n) is 4.11. The number of nitrogens with zero attached hydrogens (tertiary/aromatic N) is 6. The maximum atomic E-state index is 12.5. The summed E-state index contributed by atoms with van der Waals surface area (Å²) in [5.74, 6) is 0.895. The van der Waals surface area contributed by atoms with Gasteiger partial charge in [-0.05, 0) is 24.7 Å². The molecule has 2 aromatic rings. The predicted octanol–water partition coefficient (Wildman–Crippen LogP) is 0.989.